The number of carbonyl (C=O) groups is 1. The highest BCUT2D eigenvalue weighted by Crippen LogP contribution is 2.62. The Bertz CT molecular complexity index is 947. The van der Waals surface area contributed by atoms with Gasteiger partial charge in [-0.15, -0.1) is 0 Å². The fourth-order valence-corrected chi connectivity index (χ4v) is 5.37. The van der Waals surface area contributed by atoms with Crippen molar-refractivity contribution in [1.29, 1.82) is 5.26 Å². The molecule has 0 saturated heterocycles. The van der Waals surface area contributed by atoms with Gasteiger partial charge in [0, 0.05) is 5.92 Å². The van der Waals surface area contributed by atoms with E-state index in [9.17, 15) is 22.9 Å². The molecule has 0 unspecified atom stereocenters. The van der Waals surface area contributed by atoms with E-state index in [1.54, 1.807) is 12.1 Å². The van der Waals surface area contributed by atoms with Crippen LogP contribution in [0, 0.1) is 29.5 Å². The normalized spacial score (nSPS) is 25.7. The highest BCUT2D eigenvalue weighted by atomic mass is 32.2. The van der Waals surface area contributed by atoms with Crippen LogP contribution in [0.15, 0.2) is 53.4 Å². The number of rotatable bonds is 4. The number of benzene rings is 2. The summed E-state index contributed by atoms with van der Waals surface area (Å²) in [6.45, 7) is 1.83. The summed E-state index contributed by atoms with van der Waals surface area (Å²) in [6, 6.07) is 13.4. The average molecular weight is 343 g/mol. The van der Waals surface area contributed by atoms with E-state index in [1.165, 1.54) is 36.4 Å². The molecule has 0 amide bonds. The number of hydrogen-bond donors (Lipinski definition) is 0. The van der Waals surface area contributed by atoms with Crippen molar-refractivity contribution in [3.05, 3.63) is 65.5 Å². The molecule has 1 saturated carbocycles. The van der Waals surface area contributed by atoms with Gasteiger partial charge in [-0.25, -0.2) is 12.8 Å². The SMILES string of the molecule is Cc1ccc(S(=O)(=O)[C@H]2[C@@H](c3cccc(F)c3)[C@]2(C#N)C=O)cc1. The van der Waals surface area contributed by atoms with Crippen LogP contribution in [0.1, 0.15) is 17.0 Å². The number of nitrogens with zero attached hydrogens (tertiary/aromatic N) is 1. The Hall–Kier alpha value is -2.52. The number of aldehydes is 1. The number of aryl methyl sites for hydroxylation is 1. The Morgan fingerprint density at radius 2 is 1.88 bits per heavy atom. The summed E-state index contributed by atoms with van der Waals surface area (Å²) in [5.41, 5.74) is -0.449. The van der Waals surface area contributed by atoms with E-state index in [-0.39, 0.29) is 4.90 Å². The lowest BCUT2D eigenvalue weighted by molar-refractivity contribution is -0.110. The highest BCUT2D eigenvalue weighted by molar-refractivity contribution is 7.92. The first-order valence-corrected chi connectivity index (χ1v) is 8.85. The molecule has 0 radical (unpaired) electrons. The maximum absolute atomic E-state index is 13.5. The smallest absolute Gasteiger partial charge is 0.183 e. The highest BCUT2D eigenvalue weighted by Gasteiger charge is 2.72. The minimum absolute atomic E-state index is 0.0541. The average Bonchev–Trinajstić information content (AvgIpc) is 3.26. The van der Waals surface area contributed by atoms with Crippen LogP contribution >= 0.6 is 0 Å². The van der Waals surface area contributed by atoms with Crippen LogP contribution in [0.25, 0.3) is 0 Å². The predicted molar refractivity (Wildman–Crippen MR) is 85.4 cm³/mol. The van der Waals surface area contributed by atoms with Crippen LogP contribution in [0.5, 0.6) is 0 Å². The molecular weight excluding hydrogens is 329 g/mol. The van der Waals surface area contributed by atoms with Gasteiger partial charge in [0.05, 0.1) is 11.0 Å². The Morgan fingerprint density at radius 3 is 2.42 bits per heavy atom. The molecule has 3 atom stereocenters. The van der Waals surface area contributed by atoms with Gasteiger partial charge < -0.3 is 4.79 Å². The number of hydrogen-bond acceptors (Lipinski definition) is 4. The van der Waals surface area contributed by atoms with E-state index in [1.807, 2.05) is 13.0 Å². The topological polar surface area (TPSA) is 75.0 Å². The van der Waals surface area contributed by atoms with Gasteiger partial charge in [-0.2, -0.15) is 5.26 Å². The van der Waals surface area contributed by atoms with Crippen molar-refractivity contribution in [2.75, 3.05) is 0 Å². The Balaban J connectivity index is 2.10. The minimum atomic E-state index is -3.90. The first kappa shape index (κ1) is 16.3. The van der Waals surface area contributed by atoms with E-state index in [2.05, 4.69) is 0 Å². The van der Waals surface area contributed by atoms with Gasteiger partial charge in [0.2, 0.25) is 0 Å². The second-order valence-corrected chi connectivity index (χ2v) is 8.04. The first-order valence-electron chi connectivity index (χ1n) is 7.30. The largest absolute Gasteiger partial charge is 0.302 e. The maximum Gasteiger partial charge on any atom is 0.183 e. The van der Waals surface area contributed by atoms with E-state index < -0.39 is 32.2 Å². The molecular formula is C18H14FNO3S. The van der Waals surface area contributed by atoms with Crippen molar-refractivity contribution >= 4 is 16.1 Å². The van der Waals surface area contributed by atoms with Crippen molar-refractivity contribution in [2.24, 2.45) is 5.41 Å². The molecule has 24 heavy (non-hydrogen) atoms. The zero-order chi connectivity index (χ0) is 17.5. The van der Waals surface area contributed by atoms with Crippen LogP contribution in [0.4, 0.5) is 4.39 Å². The first-order chi connectivity index (χ1) is 11.4. The molecule has 1 aliphatic rings. The van der Waals surface area contributed by atoms with Crippen LogP contribution in [-0.2, 0) is 14.6 Å². The van der Waals surface area contributed by atoms with Crippen molar-refractivity contribution < 1.29 is 17.6 Å². The molecule has 0 aromatic heterocycles. The molecule has 0 N–H and O–H groups in total. The molecule has 122 valence electrons. The third kappa shape index (κ3) is 2.33. The summed E-state index contributed by atoms with van der Waals surface area (Å²) < 4.78 is 39.3. The molecule has 3 rings (SSSR count). The lowest BCUT2D eigenvalue weighted by Gasteiger charge is -2.05. The lowest BCUT2D eigenvalue weighted by Crippen LogP contribution is -2.16. The maximum atomic E-state index is 13.5. The van der Waals surface area contributed by atoms with E-state index >= 15 is 0 Å². The van der Waals surface area contributed by atoms with E-state index in [0.29, 0.717) is 11.8 Å². The van der Waals surface area contributed by atoms with Gasteiger partial charge in [0.1, 0.15) is 22.8 Å². The van der Waals surface area contributed by atoms with Crippen LogP contribution in [-0.4, -0.2) is 20.0 Å². The Kier molecular flexibility index (Phi) is 3.77. The van der Waals surface area contributed by atoms with Crippen molar-refractivity contribution in [3.8, 4) is 6.07 Å². The summed E-state index contributed by atoms with van der Waals surface area (Å²) >= 11 is 0. The van der Waals surface area contributed by atoms with Gasteiger partial charge in [0.25, 0.3) is 0 Å². The van der Waals surface area contributed by atoms with E-state index in [4.69, 9.17) is 0 Å². The molecule has 1 fully saturated rings. The fourth-order valence-electron chi connectivity index (χ4n) is 3.14. The standard InChI is InChI=1S/C18H14FNO3S/c1-12-5-7-15(8-6-12)24(22,23)17-16(18(17,10-20)11-21)13-3-2-4-14(19)9-13/h2-9,11,16-17H,1H3/t16-,17+,18+/m1/s1. The molecule has 1 aliphatic carbocycles. The second kappa shape index (κ2) is 5.53. The number of carbonyl (C=O) groups excluding carboxylic acids is 1. The van der Waals surface area contributed by atoms with Gasteiger partial charge in [0.15, 0.2) is 9.84 Å². The van der Waals surface area contributed by atoms with Gasteiger partial charge in [-0.1, -0.05) is 29.8 Å². The Labute approximate surface area is 139 Å². The van der Waals surface area contributed by atoms with Crippen molar-refractivity contribution in [3.63, 3.8) is 0 Å². The molecule has 0 bridgehead atoms. The molecule has 0 aliphatic heterocycles. The summed E-state index contributed by atoms with van der Waals surface area (Å²) in [5, 5.41) is 8.23. The number of sulfone groups is 1. The second-order valence-electron chi connectivity index (χ2n) is 5.97. The Morgan fingerprint density at radius 1 is 1.21 bits per heavy atom. The van der Waals surface area contributed by atoms with Crippen LogP contribution in [0.2, 0.25) is 0 Å². The fraction of sp³-hybridized carbons (Fsp3) is 0.222. The predicted octanol–water partition coefficient (Wildman–Crippen LogP) is 2.78. The molecule has 0 spiro atoms. The lowest BCUT2D eigenvalue weighted by atomic mass is 10.0. The molecule has 6 heteroatoms. The molecule has 2 aromatic rings. The third-order valence-corrected chi connectivity index (χ3v) is 6.72. The minimum Gasteiger partial charge on any atom is -0.302 e. The zero-order valence-electron chi connectivity index (χ0n) is 12.8. The van der Waals surface area contributed by atoms with Crippen LogP contribution < -0.4 is 0 Å². The van der Waals surface area contributed by atoms with Gasteiger partial charge in [-0.3, -0.25) is 0 Å². The summed E-state index contributed by atoms with van der Waals surface area (Å²) in [5.74, 6) is -1.41. The summed E-state index contributed by atoms with van der Waals surface area (Å²) in [6.07, 6.45) is 0.374. The van der Waals surface area contributed by atoms with Crippen molar-refractivity contribution in [1.82, 2.24) is 0 Å². The van der Waals surface area contributed by atoms with Gasteiger partial charge in [-0.05, 0) is 36.8 Å². The summed E-state index contributed by atoms with van der Waals surface area (Å²) in [4.78, 5) is 11.6. The monoisotopic (exact) mass is 343 g/mol. The third-order valence-electron chi connectivity index (χ3n) is 4.46. The van der Waals surface area contributed by atoms with Crippen molar-refractivity contribution in [2.45, 2.75) is 23.0 Å². The molecule has 4 nitrogen and oxygen atoms in total. The molecule has 0 heterocycles. The summed E-state index contributed by atoms with van der Waals surface area (Å²) in [7, 11) is -3.90. The van der Waals surface area contributed by atoms with Crippen LogP contribution in [0.3, 0.4) is 0 Å². The number of nitriles is 1. The zero-order valence-corrected chi connectivity index (χ0v) is 13.6. The quantitative estimate of drug-likeness (QED) is 0.800. The molecule has 2 aromatic carbocycles. The van der Waals surface area contributed by atoms with Gasteiger partial charge >= 0.3 is 0 Å². The van der Waals surface area contributed by atoms with E-state index in [0.717, 1.165) is 5.56 Å². The number of halogens is 1.